The summed E-state index contributed by atoms with van der Waals surface area (Å²) in [6.45, 7) is 2.70. The highest BCUT2D eigenvalue weighted by Gasteiger charge is 2.30. The van der Waals surface area contributed by atoms with Crippen molar-refractivity contribution in [2.24, 2.45) is 0 Å². The molecule has 0 spiro atoms. The van der Waals surface area contributed by atoms with Crippen molar-refractivity contribution < 1.29 is 14.3 Å². The molecule has 0 saturated carbocycles. The van der Waals surface area contributed by atoms with Crippen LogP contribution in [0.25, 0.3) is 10.8 Å². The highest BCUT2D eigenvalue weighted by Crippen LogP contribution is 2.27. The summed E-state index contributed by atoms with van der Waals surface area (Å²) in [7, 11) is 0. The van der Waals surface area contributed by atoms with E-state index < -0.39 is 12.0 Å². The molecular weight excluding hydrogens is 343 g/mol. The third-order valence-corrected chi connectivity index (χ3v) is 5.19. The number of anilines is 1. The van der Waals surface area contributed by atoms with Crippen LogP contribution in [-0.4, -0.2) is 42.2 Å². The first kappa shape index (κ1) is 17.5. The molecule has 0 unspecified atom stereocenters. The number of aliphatic carboxylic acids is 1. The summed E-state index contributed by atoms with van der Waals surface area (Å²) in [6, 6.07) is 19.6. The summed E-state index contributed by atoms with van der Waals surface area (Å²) in [6.07, 6.45) is 0. The second-order valence-electron chi connectivity index (χ2n) is 6.85. The summed E-state index contributed by atoms with van der Waals surface area (Å²) in [4.78, 5) is 16.2. The quantitative estimate of drug-likeness (QED) is 0.762. The number of hydrogen-bond donors (Lipinski definition) is 1. The van der Waals surface area contributed by atoms with Crippen LogP contribution < -0.4 is 4.90 Å². The van der Waals surface area contributed by atoms with E-state index in [-0.39, 0.29) is 5.82 Å². The Bertz CT molecular complexity index is 950. The number of nitrogens with zero attached hydrogens (tertiary/aromatic N) is 2. The minimum absolute atomic E-state index is 0.250. The average molecular weight is 364 g/mol. The molecule has 1 heterocycles. The van der Waals surface area contributed by atoms with Crippen LogP contribution >= 0.6 is 0 Å². The predicted molar refractivity (Wildman–Crippen MR) is 105 cm³/mol. The molecule has 4 nitrogen and oxygen atoms in total. The highest BCUT2D eigenvalue weighted by atomic mass is 19.1. The Labute approximate surface area is 157 Å². The van der Waals surface area contributed by atoms with Gasteiger partial charge in [-0.15, -0.1) is 0 Å². The normalized spacial score (nSPS) is 16.4. The average Bonchev–Trinajstić information content (AvgIpc) is 2.69. The van der Waals surface area contributed by atoms with Crippen molar-refractivity contribution in [2.45, 2.75) is 6.04 Å². The van der Waals surface area contributed by atoms with Gasteiger partial charge in [-0.25, -0.2) is 4.39 Å². The van der Waals surface area contributed by atoms with Crippen molar-refractivity contribution in [3.05, 3.63) is 78.1 Å². The van der Waals surface area contributed by atoms with Crippen molar-refractivity contribution in [1.82, 2.24) is 4.90 Å². The van der Waals surface area contributed by atoms with E-state index in [0.717, 1.165) is 22.0 Å². The number of carboxylic acids is 1. The Morgan fingerprint density at radius 2 is 1.56 bits per heavy atom. The van der Waals surface area contributed by atoms with Gasteiger partial charge < -0.3 is 10.0 Å². The monoisotopic (exact) mass is 364 g/mol. The molecule has 3 aromatic carbocycles. The fourth-order valence-corrected chi connectivity index (χ4v) is 3.78. The van der Waals surface area contributed by atoms with Gasteiger partial charge in [-0.1, -0.05) is 36.4 Å². The fourth-order valence-electron chi connectivity index (χ4n) is 3.78. The van der Waals surface area contributed by atoms with Crippen LogP contribution in [0.1, 0.15) is 11.6 Å². The molecule has 4 rings (SSSR count). The van der Waals surface area contributed by atoms with Crippen LogP contribution in [0.5, 0.6) is 0 Å². The molecule has 0 aromatic heterocycles. The summed E-state index contributed by atoms with van der Waals surface area (Å²) in [5.74, 6) is -1.08. The van der Waals surface area contributed by atoms with Gasteiger partial charge in [0, 0.05) is 31.9 Å². The van der Waals surface area contributed by atoms with Crippen molar-refractivity contribution in [3.63, 3.8) is 0 Å². The third kappa shape index (κ3) is 3.64. The number of piperazine rings is 1. The number of hydrogen-bond acceptors (Lipinski definition) is 3. The lowest BCUT2D eigenvalue weighted by atomic mass is 10.00. The van der Waals surface area contributed by atoms with Crippen LogP contribution in [0.15, 0.2) is 66.7 Å². The van der Waals surface area contributed by atoms with Crippen LogP contribution in [-0.2, 0) is 4.79 Å². The Hall–Kier alpha value is -2.92. The molecule has 1 aliphatic rings. The summed E-state index contributed by atoms with van der Waals surface area (Å²) < 4.78 is 13.1. The molecule has 1 atom stereocenters. The molecule has 3 aromatic rings. The maximum absolute atomic E-state index is 13.1. The molecule has 27 heavy (non-hydrogen) atoms. The predicted octanol–water partition coefficient (Wildman–Crippen LogP) is 3.93. The van der Waals surface area contributed by atoms with E-state index in [9.17, 15) is 14.3 Å². The lowest BCUT2D eigenvalue weighted by Crippen LogP contribution is -2.49. The van der Waals surface area contributed by atoms with Gasteiger partial charge in [0.15, 0.2) is 0 Å². The van der Waals surface area contributed by atoms with Crippen molar-refractivity contribution >= 4 is 22.4 Å². The summed E-state index contributed by atoms with van der Waals surface area (Å²) in [5, 5.41) is 12.0. The van der Waals surface area contributed by atoms with Crippen molar-refractivity contribution in [1.29, 1.82) is 0 Å². The van der Waals surface area contributed by atoms with E-state index in [1.54, 1.807) is 12.1 Å². The molecule has 1 aliphatic heterocycles. The molecule has 138 valence electrons. The van der Waals surface area contributed by atoms with Gasteiger partial charge in [-0.2, -0.15) is 0 Å². The summed E-state index contributed by atoms with van der Waals surface area (Å²) >= 11 is 0. The molecule has 1 N–H and O–H groups in total. The Kier molecular flexibility index (Phi) is 4.77. The first-order valence-corrected chi connectivity index (χ1v) is 9.08. The van der Waals surface area contributed by atoms with Gasteiger partial charge in [-0.05, 0) is 46.7 Å². The maximum Gasteiger partial charge on any atom is 0.325 e. The molecule has 5 heteroatoms. The topological polar surface area (TPSA) is 43.8 Å². The van der Waals surface area contributed by atoms with Crippen LogP contribution in [0.2, 0.25) is 0 Å². The maximum atomic E-state index is 13.1. The minimum atomic E-state index is -0.833. The summed E-state index contributed by atoms with van der Waals surface area (Å²) in [5.41, 5.74) is 1.77. The number of fused-ring (bicyclic) bond motifs is 1. The SMILES string of the molecule is O=C(O)[C@@H](c1ccc2ccccc2c1)N1CCN(c2ccc(F)cc2)CC1. The third-order valence-electron chi connectivity index (χ3n) is 5.19. The number of carboxylic acid groups (broad SMARTS) is 1. The van der Waals surface area contributed by atoms with E-state index in [0.29, 0.717) is 26.2 Å². The van der Waals surface area contributed by atoms with Crippen molar-refractivity contribution in [2.75, 3.05) is 31.1 Å². The number of halogens is 1. The Morgan fingerprint density at radius 1 is 0.889 bits per heavy atom. The van der Waals surface area contributed by atoms with Gasteiger partial charge in [0.05, 0.1) is 0 Å². The molecule has 0 bridgehead atoms. The second kappa shape index (κ2) is 7.37. The van der Waals surface area contributed by atoms with Gasteiger partial charge >= 0.3 is 5.97 Å². The number of benzene rings is 3. The Morgan fingerprint density at radius 3 is 2.22 bits per heavy atom. The van der Waals surface area contributed by atoms with E-state index in [4.69, 9.17) is 0 Å². The number of rotatable bonds is 4. The molecule has 1 saturated heterocycles. The smallest absolute Gasteiger partial charge is 0.325 e. The number of carbonyl (C=O) groups is 1. The Balaban J connectivity index is 1.53. The first-order chi connectivity index (χ1) is 13.1. The van der Waals surface area contributed by atoms with E-state index in [1.165, 1.54) is 12.1 Å². The zero-order valence-corrected chi connectivity index (χ0v) is 14.9. The largest absolute Gasteiger partial charge is 0.480 e. The molecule has 0 amide bonds. The van der Waals surface area contributed by atoms with Crippen LogP contribution in [0.3, 0.4) is 0 Å². The fraction of sp³-hybridized carbons (Fsp3) is 0.227. The van der Waals surface area contributed by atoms with Gasteiger partial charge in [-0.3, -0.25) is 9.69 Å². The van der Waals surface area contributed by atoms with Gasteiger partial charge in [0.2, 0.25) is 0 Å². The van der Waals surface area contributed by atoms with Gasteiger partial charge in [0.25, 0.3) is 0 Å². The van der Waals surface area contributed by atoms with Crippen molar-refractivity contribution in [3.8, 4) is 0 Å². The minimum Gasteiger partial charge on any atom is -0.480 e. The van der Waals surface area contributed by atoms with E-state index in [2.05, 4.69) is 4.90 Å². The zero-order valence-electron chi connectivity index (χ0n) is 14.9. The zero-order chi connectivity index (χ0) is 18.8. The highest BCUT2D eigenvalue weighted by molar-refractivity contribution is 5.85. The molecular formula is C22H21FN2O2. The first-order valence-electron chi connectivity index (χ1n) is 9.08. The lowest BCUT2D eigenvalue weighted by molar-refractivity contribution is -0.143. The lowest BCUT2D eigenvalue weighted by Gasteiger charge is -2.39. The molecule has 1 fully saturated rings. The molecule has 0 radical (unpaired) electrons. The van der Waals surface area contributed by atoms with E-state index in [1.807, 2.05) is 47.4 Å². The second-order valence-corrected chi connectivity index (χ2v) is 6.85. The molecule has 0 aliphatic carbocycles. The van der Waals surface area contributed by atoms with Gasteiger partial charge in [0.1, 0.15) is 11.9 Å². The van der Waals surface area contributed by atoms with E-state index >= 15 is 0 Å². The van der Waals surface area contributed by atoms with Crippen LogP contribution in [0.4, 0.5) is 10.1 Å². The van der Waals surface area contributed by atoms with Crippen LogP contribution in [0, 0.1) is 5.82 Å². The standard InChI is InChI=1S/C22H21FN2O2/c23-19-7-9-20(10-8-19)24-11-13-25(14-12-24)21(22(26)27)18-6-5-16-3-1-2-4-17(16)15-18/h1-10,15,21H,11-14H2,(H,26,27)/t21-/m1/s1.